The standard InChI is InChI=1S/C16H15NO2/c1-3-11(4-2)17-15-10-9-14(16(18)19)12-7-5-6-8-13(12)15/h1,5-11,17H,4H2,2H3,(H,18,19). The quantitative estimate of drug-likeness (QED) is 0.821. The number of aromatic carboxylic acids is 1. The molecule has 2 rings (SSSR count). The molecule has 3 heteroatoms. The zero-order valence-electron chi connectivity index (χ0n) is 10.7. The molecule has 1 atom stereocenters. The van der Waals surface area contributed by atoms with Crippen LogP contribution in [0.4, 0.5) is 5.69 Å². The van der Waals surface area contributed by atoms with E-state index < -0.39 is 5.97 Å². The number of rotatable bonds is 4. The molecule has 0 fully saturated rings. The van der Waals surface area contributed by atoms with E-state index in [9.17, 15) is 9.90 Å². The number of carboxylic acids is 1. The smallest absolute Gasteiger partial charge is 0.336 e. The van der Waals surface area contributed by atoms with Crippen LogP contribution in [0.25, 0.3) is 10.8 Å². The Morgan fingerprint density at radius 3 is 2.58 bits per heavy atom. The van der Waals surface area contributed by atoms with Gasteiger partial charge in [0.15, 0.2) is 0 Å². The number of carbonyl (C=O) groups is 1. The highest BCUT2D eigenvalue weighted by Crippen LogP contribution is 2.27. The van der Waals surface area contributed by atoms with E-state index in [4.69, 9.17) is 6.42 Å². The van der Waals surface area contributed by atoms with Gasteiger partial charge in [0.2, 0.25) is 0 Å². The maximum absolute atomic E-state index is 11.2. The van der Waals surface area contributed by atoms with Crippen molar-refractivity contribution in [2.75, 3.05) is 5.32 Å². The van der Waals surface area contributed by atoms with E-state index in [1.165, 1.54) is 0 Å². The Kier molecular flexibility index (Phi) is 3.72. The van der Waals surface area contributed by atoms with Crippen LogP contribution in [0.15, 0.2) is 36.4 Å². The summed E-state index contributed by atoms with van der Waals surface area (Å²) in [5, 5.41) is 14.0. The van der Waals surface area contributed by atoms with Gasteiger partial charge in [-0.25, -0.2) is 4.79 Å². The summed E-state index contributed by atoms with van der Waals surface area (Å²) in [5.74, 6) is 1.75. The molecule has 0 heterocycles. The molecule has 0 bridgehead atoms. The van der Waals surface area contributed by atoms with Crippen molar-refractivity contribution in [2.45, 2.75) is 19.4 Å². The van der Waals surface area contributed by atoms with Crippen molar-refractivity contribution in [3.63, 3.8) is 0 Å². The van der Waals surface area contributed by atoms with Crippen molar-refractivity contribution < 1.29 is 9.90 Å². The number of nitrogens with one attached hydrogen (secondary N) is 1. The maximum atomic E-state index is 11.2. The van der Waals surface area contributed by atoms with Gasteiger partial charge in [0.05, 0.1) is 11.6 Å². The van der Waals surface area contributed by atoms with Gasteiger partial charge in [0.25, 0.3) is 0 Å². The molecular weight excluding hydrogens is 238 g/mol. The lowest BCUT2D eigenvalue weighted by Gasteiger charge is -2.15. The van der Waals surface area contributed by atoms with Crippen molar-refractivity contribution >= 4 is 22.4 Å². The van der Waals surface area contributed by atoms with Crippen molar-refractivity contribution in [3.05, 3.63) is 42.0 Å². The third-order valence-corrected chi connectivity index (χ3v) is 3.09. The average Bonchev–Trinajstić information content (AvgIpc) is 2.44. The summed E-state index contributed by atoms with van der Waals surface area (Å²) in [6.07, 6.45) is 6.26. The molecule has 0 aliphatic rings. The Bertz CT molecular complexity index is 655. The first-order valence-corrected chi connectivity index (χ1v) is 6.15. The zero-order valence-corrected chi connectivity index (χ0v) is 10.7. The summed E-state index contributed by atoms with van der Waals surface area (Å²) in [6.45, 7) is 2.01. The summed E-state index contributed by atoms with van der Waals surface area (Å²) in [6, 6.07) is 10.7. The lowest BCUT2D eigenvalue weighted by molar-refractivity contribution is 0.0699. The second-order valence-electron chi connectivity index (χ2n) is 4.28. The third-order valence-electron chi connectivity index (χ3n) is 3.09. The first-order valence-electron chi connectivity index (χ1n) is 6.15. The number of anilines is 1. The molecule has 0 saturated carbocycles. The van der Waals surface area contributed by atoms with Crippen LogP contribution in [0.3, 0.4) is 0 Å². The van der Waals surface area contributed by atoms with E-state index in [-0.39, 0.29) is 6.04 Å². The van der Waals surface area contributed by atoms with E-state index in [0.29, 0.717) is 10.9 Å². The Balaban J connectivity index is 2.56. The number of terminal acetylenes is 1. The fourth-order valence-electron chi connectivity index (χ4n) is 2.06. The molecule has 0 spiro atoms. The Morgan fingerprint density at radius 1 is 1.32 bits per heavy atom. The van der Waals surface area contributed by atoms with Gasteiger partial charge in [0.1, 0.15) is 0 Å². The predicted octanol–water partition coefficient (Wildman–Crippen LogP) is 3.36. The number of fused-ring (bicyclic) bond motifs is 1. The number of benzene rings is 2. The van der Waals surface area contributed by atoms with Gasteiger partial charge in [-0.2, -0.15) is 0 Å². The van der Waals surface area contributed by atoms with Gasteiger partial charge < -0.3 is 10.4 Å². The van der Waals surface area contributed by atoms with Crippen molar-refractivity contribution in [1.29, 1.82) is 0 Å². The molecule has 0 aliphatic heterocycles. The third kappa shape index (κ3) is 2.53. The van der Waals surface area contributed by atoms with Crippen LogP contribution >= 0.6 is 0 Å². The minimum atomic E-state index is -0.924. The highest BCUT2D eigenvalue weighted by molar-refractivity contribution is 6.07. The van der Waals surface area contributed by atoms with Crippen LogP contribution in [0, 0.1) is 12.3 Å². The number of hydrogen-bond acceptors (Lipinski definition) is 2. The lowest BCUT2D eigenvalue weighted by Crippen LogP contribution is -2.16. The summed E-state index contributed by atoms with van der Waals surface area (Å²) in [4.78, 5) is 11.2. The number of hydrogen-bond donors (Lipinski definition) is 2. The van der Waals surface area contributed by atoms with Crippen LogP contribution < -0.4 is 5.32 Å². The fraction of sp³-hybridized carbons (Fsp3) is 0.188. The highest BCUT2D eigenvalue weighted by Gasteiger charge is 2.12. The van der Waals surface area contributed by atoms with Crippen LogP contribution in [-0.2, 0) is 0 Å². The molecule has 3 nitrogen and oxygen atoms in total. The second kappa shape index (κ2) is 5.45. The van der Waals surface area contributed by atoms with E-state index in [1.54, 1.807) is 18.2 Å². The van der Waals surface area contributed by atoms with Gasteiger partial charge in [0, 0.05) is 11.1 Å². The van der Waals surface area contributed by atoms with Gasteiger partial charge in [-0.15, -0.1) is 6.42 Å². The van der Waals surface area contributed by atoms with Crippen LogP contribution in [-0.4, -0.2) is 17.1 Å². The van der Waals surface area contributed by atoms with Crippen molar-refractivity contribution in [3.8, 4) is 12.3 Å². The zero-order chi connectivity index (χ0) is 13.8. The molecule has 1 unspecified atom stereocenters. The van der Waals surface area contributed by atoms with Gasteiger partial charge >= 0.3 is 5.97 Å². The first kappa shape index (κ1) is 13.0. The van der Waals surface area contributed by atoms with Gasteiger partial charge in [-0.05, 0) is 23.9 Å². The van der Waals surface area contributed by atoms with Crippen molar-refractivity contribution in [1.82, 2.24) is 0 Å². The van der Waals surface area contributed by atoms with E-state index >= 15 is 0 Å². The van der Waals surface area contributed by atoms with Crippen LogP contribution in [0.1, 0.15) is 23.7 Å². The second-order valence-corrected chi connectivity index (χ2v) is 4.28. The molecule has 0 aliphatic carbocycles. The highest BCUT2D eigenvalue weighted by atomic mass is 16.4. The Hall–Kier alpha value is -2.47. The summed E-state index contributed by atoms with van der Waals surface area (Å²) in [5.41, 5.74) is 1.17. The summed E-state index contributed by atoms with van der Waals surface area (Å²) >= 11 is 0. The summed E-state index contributed by atoms with van der Waals surface area (Å²) in [7, 11) is 0. The molecule has 2 aromatic carbocycles. The molecule has 0 aromatic heterocycles. The van der Waals surface area contributed by atoms with Crippen molar-refractivity contribution in [2.24, 2.45) is 0 Å². The summed E-state index contributed by atoms with van der Waals surface area (Å²) < 4.78 is 0. The Labute approximate surface area is 112 Å². The van der Waals surface area contributed by atoms with E-state index in [2.05, 4.69) is 11.2 Å². The van der Waals surface area contributed by atoms with Gasteiger partial charge in [-0.3, -0.25) is 0 Å². The number of carboxylic acid groups (broad SMARTS) is 1. The fourth-order valence-corrected chi connectivity index (χ4v) is 2.06. The monoisotopic (exact) mass is 253 g/mol. The largest absolute Gasteiger partial charge is 0.478 e. The topological polar surface area (TPSA) is 49.3 Å². The molecule has 19 heavy (non-hydrogen) atoms. The Morgan fingerprint density at radius 2 is 2.00 bits per heavy atom. The van der Waals surface area contributed by atoms with Gasteiger partial charge in [-0.1, -0.05) is 37.1 Å². The average molecular weight is 253 g/mol. The van der Waals surface area contributed by atoms with E-state index in [0.717, 1.165) is 17.5 Å². The van der Waals surface area contributed by atoms with Crippen LogP contribution in [0.5, 0.6) is 0 Å². The predicted molar refractivity (Wildman–Crippen MR) is 77.4 cm³/mol. The minimum Gasteiger partial charge on any atom is -0.478 e. The maximum Gasteiger partial charge on any atom is 0.336 e. The van der Waals surface area contributed by atoms with Crippen LogP contribution in [0.2, 0.25) is 0 Å². The molecule has 2 N–H and O–H groups in total. The first-order chi connectivity index (χ1) is 9.17. The minimum absolute atomic E-state index is 0.0564. The lowest BCUT2D eigenvalue weighted by atomic mass is 10.0. The molecule has 0 radical (unpaired) electrons. The molecule has 2 aromatic rings. The molecule has 96 valence electrons. The molecule has 0 amide bonds. The molecule has 0 saturated heterocycles. The normalized spacial score (nSPS) is 11.8. The SMILES string of the molecule is C#CC(CC)Nc1ccc(C(=O)O)c2ccccc12. The molecular formula is C16H15NO2. The van der Waals surface area contributed by atoms with E-state index in [1.807, 2.05) is 25.1 Å².